The second kappa shape index (κ2) is 16.8. The molecule has 1 saturated heterocycles. The molecule has 1 aromatic heterocycles. The van der Waals surface area contributed by atoms with Crippen LogP contribution >= 0.6 is 24.0 Å². The molecule has 1 aliphatic heterocycles. The van der Waals surface area contributed by atoms with Gasteiger partial charge in [-0.05, 0) is 104 Å². The van der Waals surface area contributed by atoms with Crippen LogP contribution in [0.2, 0.25) is 5.02 Å². The molecule has 0 radical (unpaired) electrons. The van der Waals surface area contributed by atoms with E-state index in [4.69, 9.17) is 17.3 Å². The fourth-order valence-corrected chi connectivity index (χ4v) is 6.66. The smallest absolute Gasteiger partial charge is 0.251 e. The third kappa shape index (κ3) is 9.21. The van der Waals surface area contributed by atoms with E-state index in [1.54, 1.807) is 36.4 Å². The maximum atomic E-state index is 13.6. The molecule has 6 rings (SSSR count). The number of carbonyl (C=O) groups is 3. The van der Waals surface area contributed by atoms with Crippen molar-refractivity contribution in [1.82, 2.24) is 36.6 Å². The molecule has 14 heteroatoms. The molecule has 3 amide bonds. The fraction of sp³-hybridized carbons (Fsp3) is 0.371. The van der Waals surface area contributed by atoms with E-state index < -0.39 is 6.04 Å². The van der Waals surface area contributed by atoms with Gasteiger partial charge in [-0.25, -0.2) is 0 Å². The van der Waals surface area contributed by atoms with E-state index in [1.807, 2.05) is 30.3 Å². The standard InChI is InChI=1S/C35H40ClN9O3.ClH/c36-30-18-26(34(47)40-28-15-16-38-20-28)11-14-29(30)23-5-1-21(2-6-23)17-31(41-33(46)25-7-3-22(19-37)4-8-25)35(48)39-27-12-9-24(10-13-27)32-42-44-45-43-32;/h1-2,5-6,9-14,18,22,25,28,31,38H,3-4,7-8,15-17,19-20,37H2,(H,39,48)(H,40,47)(H,41,46)(H,42,43,44,45);1H/t22?,25?,28-,31-;/m0./s1. The predicted molar refractivity (Wildman–Crippen MR) is 191 cm³/mol. The van der Waals surface area contributed by atoms with Crippen LogP contribution in [0.5, 0.6) is 0 Å². The van der Waals surface area contributed by atoms with Crippen molar-refractivity contribution in [1.29, 1.82) is 0 Å². The first-order chi connectivity index (χ1) is 23.4. The summed E-state index contributed by atoms with van der Waals surface area (Å²) in [5, 5.41) is 26.7. The van der Waals surface area contributed by atoms with Crippen LogP contribution in [-0.2, 0) is 16.0 Å². The van der Waals surface area contributed by atoms with Crippen LogP contribution in [0.1, 0.15) is 48.0 Å². The van der Waals surface area contributed by atoms with Crippen LogP contribution in [0.15, 0.2) is 66.7 Å². The second-order valence-electron chi connectivity index (χ2n) is 12.6. The van der Waals surface area contributed by atoms with Crippen molar-refractivity contribution in [3.63, 3.8) is 0 Å². The first kappa shape index (κ1) is 35.9. The van der Waals surface area contributed by atoms with Crippen molar-refractivity contribution in [3.8, 4) is 22.5 Å². The lowest BCUT2D eigenvalue weighted by atomic mass is 9.81. The third-order valence-electron chi connectivity index (χ3n) is 9.27. The molecule has 1 aliphatic carbocycles. The van der Waals surface area contributed by atoms with Gasteiger partial charge >= 0.3 is 0 Å². The maximum absolute atomic E-state index is 13.6. The highest BCUT2D eigenvalue weighted by Crippen LogP contribution is 2.30. The molecule has 0 bridgehead atoms. The predicted octanol–water partition coefficient (Wildman–Crippen LogP) is 4.13. The zero-order valence-corrected chi connectivity index (χ0v) is 28.5. The van der Waals surface area contributed by atoms with Crippen LogP contribution < -0.4 is 27.0 Å². The molecule has 0 spiro atoms. The number of hydrogen-bond acceptors (Lipinski definition) is 8. The van der Waals surface area contributed by atoms with Crippen molar-refractivity contribution in [2.24, 2.45) is 17.6 Å². The molecule has 1 saturated carbocycles. The molecule has 2 aliphatic rings. The lowest BCUT2D eigenvalue weighted by molar-refractivity contribution is -0.130. The van der Waals surface area contributed by atoms with Gasteiger partial charge in [0.2, 0.25) is 17.6 Å². The Morgan fingerprint density at radius 1 is 0.939 bits per heavy atom. The van der Waals surface area contributed by atoms with Crippen LogP contribution in [0.25, 0.3) is 22.5 Å². The average Bonchev–Trinajstić information content (AvgIpc) is 3.84. The Labute approximate surface area is 296 Å². The number of nitrogens with zero attached hydrogens (tertiary/aromatic N) is 3. The summed E-state index contributed by atoms with van der Waals surface area (Å²) in [5.74, 6) is 0.162. The fourth-order valence-electron chi connectivity index (χ4n) is 6.37. The number of amides is 3. The number of rotatable bonds is 11. The number of tetrazole rings is 1. The van der Waals surface area contributed by atoms with Crippen LogP contribution in [0, 0.1) is 11.8 Å². The van der Waals surface area contributed by atoms with Gasteiger partial charge in [0.1, 0.15) is 6.04 Å². The summed E-state index contributed by atoms with van der Waals surface area (Å²) >= 11 is 6.64. The van der Waals surface area contributed by atoms with Crippen molar-refractivity contribution >= 4 is 47.4 Å². The van der Waals surface area contributed by atoms with Crippen molar-refractivity contribution in [2.75, 3.05) is 25.0 Å². The summed E-state index contributed by atoms with van der Waals surface area (Å²) in [5.41, 5.74) is 10.2. The summed E-state index contributed by atoms with van der Waals surface area (Å²) in [4.78, 5) is 39.7. The van der Waals surface area contributed by atoms with Gasteiger partial charge in [-0.3, -0.25) is 14.4 Å². The van der Waals surface area contributed by atoms with Crippen LogP contribution in [-0.4, -0.2) is 70.1 Å². The molecule has 0 unspecified atom stereocenters. The minimum atomic E-state index is -0.802. The van der Waals surface area contributed by atoms with Gasteiger partial charge in [0.15, 0.2) is 0 Å². The molecule has 258 valence electrons. The summed E-state index contributed by atoms with van der Waals surface area (Å²) in [6, 6.07) is 19.5. The number of nitrogens with two attached hydrogens (primary N) is 1. The molecule has 2 atom stereocenters. The number of aromatic nitrogens is 4. The lowest BCUT2D eigenvalue weighted by Crippen LogP contribution is -2.48. The largest absolute Gasteiger partial charge is 0.348 e. The number of aromatic amines is 1. The number of halogens is 2. The van der Waals surface area contributed by atoms with E-state index in [1.165, 1.54) is 0 Å². The minimum Gasteiger partial charge on any atom is -0.348 e. The van der Waals surface area contributed by atoms with Gasteiger partial charge in [-0.2, -0.15) is 5.21 Å². The van der Waals surface area contributed by atoms with Gasteiger partial charge in [-0.1, -0.05) is 41.9 Å². The number of H-pyrrole nitrogens is 1. The quantitative estimate of drug-likeness (QED) is 0.135. The molecule has 7 N–H and O–H groups in total. The molecule has 4 aromatic rings. The Hall–Kier alpha value is -4.36. The Morgan fingerprint density at radius 3 is 2.31 bits per heavy atom. The monoisotopic (exact) mass is 705 g/mol. The molecular weight excluding hydrogens is 665 g/mol. The normalized spacial score (nSPS) is 19.3. The SMILES string of the molecule is Cl.NCC1CCC(C(=O)N[C@@H](Cc2ccc(-c3ccc(C(=O)N[C@H]4CCNC4)cc3Cl)cc2)C(=O)Nc2ccc(-c3nn[nH]n3)cc2)CC1. The zero-order valence-electron chi connectivity index (χ0n) is 27.0. The van der Waals surface area contributed by atoms with E-state index in [9.17, 15) is 14.4 Å². The average molecular weight is 707 g/mol. The highest BCUT2D eigenvalue weighted by Gasteiger charge is 2.29. The molecule has 3 aromatic carbocycles. The van der Waals surface area contributed by atoms with Crippen molar-refractivity contribution in [3.05, 3.63) is 82.9 Å². The number of hydrogen-bond donors (Lipinski definition) is 6. The molecule has 2 heterocycles. The first-order valence-electron chi connectivity index (χ1n) is 16.4. The summed E-state index contributed by atoms with van der Waals surface area (Å²) in [6.07, 6.45) is 4.53. The van der Waals surface area contributed by atoms with E-state index in [0.717, 1.165) is 67.4 Å². The molecule has 12 nitrogen and oxygen atoms in total. The van der Waals surface area contributed by atoms with Gasteiger partial charge in [0.05, 0.1) is 0 Å². The van der Waals surface area contributed by atoms with E-state index in [-0.39, 0.29) is 42.1 Å². The zero-order chi connectivity index (χ0) is 33.5. The minimum absolute atomic E-state index is 0. The van der Waals surface area contributed by atoms with Crippen molar-refractivity contribution < 1.29 is 14.4 Å². The molecule has 49 heavy (non-hydrogen) atoms. The molecular formula is C35H41Cl2N9O3. The summed E-state index contributed by atoms with van der Waals surface area (Å²) in [6.45, 7) is 2.29. The Morgan fingerprint density at radius 2 is 1.67 bits per heavy atom. The first-order valence-corrected chi connectivity index (χ1v) is 16.8. The Balaban J connectivity index is 0.00000468. The van der Waals surface area contributed by atoms with Gasteiger partial charge in [0, 0.05) is 52.3 Å². The lowest BCUT2D eigenvalue weighted by Gasteiger charge is -2.28. The maximum Gasteiger partial charge on any atom is 0.251 e. The number of nitrogens with one attached hydrogen (secondary N) is 5. The van der Waals surface area contributed by atoms with E-state index in [2.05, 4.69) is 41.9 Å². The highest BCUT2D eigenvalue weighted by molar-refractivity contribution is 6.33. The number of carbonyl (C=O) groups excluding carboxylic acids is 3. The topological polar surface area (TPSA) is 180 Å². The van der Waals surface area contributed by atoms with Crippen LogP contribution in [0.3, 0.4) is 0 Å². The van der Waals surface area contributed by atoms with Gasteiger partial charge < -0.3 is 27.0 Å². The van der Waals surface area contributed by atoms with Gasteiger partial charge in [-0.15, -0.1) is 22.6 Å². The highest BCUT2D eigenvalue weighted by atomic mass is 35.5. The summed E-state index contributed by atoms with van der Waals surface area (Å²) in [7, 11) is 0. The Kier molecular flexibility index (Phi) is 12.4. The van der Waals surface area contributed by atoms with E-state index in [0.29, 0.717) is 41.0 Å². The third-order valence-corrected chi connectivity index (χ3v) is 9.58. The van der Waals surface area contributed by atoms with Crippen LogP contribution in [0.4, 0.5) is 5.69 Å². The number of anilines is 1. The number of benzene rings is 3. The van der Waals surface area contributed by atoms with Crippen molar-refractivity contribution in [2.45, 2.75) is 50.6 Å². The van der Waals surface area contributed by atoms with Gasteiger partial charge in [0.25, 0.3) is 5.91 Å². The second-order valence-corrected chi connectivity index (χ2v) is 13.0. The molecule has 2 fully saturated rings. The summed E-state index contributed by atoms with van der Waals surface area (Å²) < 4.78 is 0. The Bertz CT molecular complexity index is 1710. The van der Waals surface area contributed by atoms with E-state index >= 15 is 0 Å².